The first-order chi connectivity index (χ1) is 10.5. The molecule has 0 aromatic carbocycles. The standard InChI is InChI=1S/C18H28O4/c1-2-7-15(19)12-10-14-11-13-17(20)16(14)8-5-3-4-6-9-18(21)22/h10,12,14-17,19-20H,2,4,6-9,11,13H2,1H3,(H,21,22). The van der Waals surface area contributed by atoms with Gasteiger partial charge in [0.1, 0.15) is 0 Å². The van der Waals surface area contributed by atoms with Crippen LogP contribution in [0.15, 0.2) is 12.2 Å². The van der Waals surface area contributed by atoms with E-state index in [2.05, 4.69) is 11.8 Å². The molecule has 0 amide bonds. The Labute approximate surface area is 133 Å². The largest absolute Gasteiger partial charge is 0.481 e. The van der Waals surface area contributed by atoms with Crippen LogP contribution in [0.3, 0.4) is 0 Å². The second-order valence-electron chi connectivity index (χ2n) is 6.02. The molecule has 0 aromatic heterocycles. The van der Waals surface area contributed by atoms with Gasteiger partial charge >= 0.3 is 5.97 Å². The Balaban J connectivity index is 2.41. The van der Waals surface area contributed by atoms with Gasteiger partial charge in [-0.15, -0.1) is 11.8 Å². The van der Waals surface area contributed by atoms with Crippen molar-refractivity contribution in [1.82, 2.24) is 0 Å². The van der Waals surface area contributed by atoms with Gasteiger partial charge in [0.05, 0.1) is 12.2 Å². The summed E-state index contributed by atoms with van der Waals surface area (Å²) in [5.41, 5.74) is 0. The van der Waals surface area contributed by atoms with E-state index in [9.17, 15) is 15.0 Å². The van der Waals surface area contributed by atoms with Crippen molar-refractivity contribution in [3.63, 3.8) is 0 Å². The van der Waals surface area contributed by atoms with E-state index in [0.29, 0.717) is 19.3 Å². The highest BCUT2D eigenvalue weighted by Gasteiger charge is 2.32. The van der Waals surface area contributed by atoms with Crippen molar-refractivity contribution in [3.05, 3.63) is 12.2 Å². The third-order valence-electron chi connectivity index (χ3n) is 4.16. The third-order valence-corrected chi connectivity index (χ3v) is 4.16. The SMILES string of the molecule is CCCC(O)C=CC1CCC(O)C1CC#CCCCC(=O)O. The number of carboxylic acid groups (broad SMARTS) is 1. The molecule has 0 saturated heterocycles. The molecule has 0 bridgehead atoms. The lowest BCUT2D eigenvalue weighted by Crippen LogP contribution is -2.17. The normalized spacial score (nSPS) is 25.9. The molecule has 1 fully saturated rings. The van der Waals surface area contributed by atoms with Crippen LogP contribution < -0.4 is 0 Å². The van der Waals surface area contributed by atoms with E-state index in [1.165, 1.54) is 0 Å². The van der Waals surface area contributed by atoms with Gasteiger partial charge < -0.3 is 15.3 Å². The van der Waals surface area contributed by atoms with Crippen LogP contribution in [-0.4, -0.2) is 33.5 Å². The topological polar surface area (TPSA) is 77.8 Å². The average molecular weight is 308 g/mol. The third kappa shape index (κ3) is 7.11. The molecule has 4 atom stereocenters. The molecule has 3 N–H and O–H groups in total. The van der Waals surface area contributed by atoms with Crippen LogP contribution in [0.2, 0.25) is 0 Å². The zero-order chi connectivity index (χ0) is 16.4. The highest BCUT2D eigenvalue weighted by molar-refractivity contribution is 5.66. The predicted molar refractivity (Wildman–Crippen MR) is 86.2 cm³/mol. The van der Waals surface area contributed by atoms with E-state index >= 15 is 0 Å². The van der Waals surface area contributed by atoms with Gasteiger partial charge in [-0.25, -0.2) is 0 Å². The Hall–Kier alpha value is -1.31. The molecule has 1 aliphatic rings. The molecule has 1 saturated carbocycles. The molecule has 4 nitrogen and oxygen atoms in total. The van der Waals surface area contributed by atoms with Crippen LogP contribution in [0, 0.1) is 23.7 Å². The van der Waals surface area contributed by atoms with Gasteiger partial charge in [-0.1, -0.05) is 25.5 Å². The number of rotatable bonds is 8. The lowest BCUT2D eigenvalue weighted by Gasteiger charge is -2.17. The Bertz CT molecular complexity index is 419. The molecular weight excluding hydrogens is 280 g/mol. The minimum Gasteiger partial charge on any atom is -0.481 e. The highest BCUT2D eigenvalue weighted by Crippen LogP contribution is 2.35. The summed E-state index contributed by atoms with van der Waals surface area (Å²) in [6.45, 7) is 2.04. The van der Waals surface area contributed by atoms with Gasteiger partial charge in [-0.05, 0) is 31.6 Å². The molecule has 4 heteroatoms. The number of carboxylic acids is 1. The molecule has 1 rings (SSSR count). The van der Waals surface area contributed by atoms with Crippen LogP contribution in [0.25, 0.3) is 0 Å². The maximum Gasteiger partial charge on any atom is 0.303 e. The second kappa shape index (κ2) is 10.4. The van der Waals surface area contributed by atoms with Crippen molar-refractivity contribution in [2.24, 2.45) is 11.8 Å². The first-order valence-electron chi connectivity index (χ1n) is 8.26. The van der Waals surface area contributed by atoms with Crippen molar-refractivity contribution >= 4 is 5.97 Å². The first kappa shape index (κ1) is 18.7. The first-order valence-corrected chi connectivity index (χ1v) is 8.26. The number of carbonyl (C=O) groups is 1. The summed E-state index contributed by atoms with van der Waals surface area (Å²) in [5.74, 6) is 5.68. The van der Waals surface area contributed by atoms with E-state index in [1.54, 1.807) is 0 Å². The maximum atomic E-state index is 10.4. The van der Waals surface area contributed by atoms with Crippen molar-refractivity contribution in [1.29, 1.82) is 0 Å². The number of aliphatic carboxylic acids is 1. The van der Waals surface area contributed by atoms with Crippen LogP contribution >= 0.6 is 0 Å². The summed E-state index contributed by atoms with van der Waals surface area (Å²) in [4.78, 5) is 10.4. The average Bonchev–Trinajstić information content (AvgIpc) is 2.81. The number of hydrogen-bond donors (Lipinski definition) is 3. The van der Waals surface area contributed by atoms with E-state index in [0.717, 1.165) is 25.7 Å². The molecule has 0 heterocycles. The molecule has 124 valence electrons. The van der Waals surface area contributed by atoms with Gasteiger partial charge in [-0.2, -0.15) is 0 Å². The molecule has 1 aliphatic carbocycles. The Morgan fingerprint density at radius 2 is 2.14 bits per heavy atom. The summed E-state index contributed by atoms with van der Waals surface area (Å²) in [6.07, 6.45) is 8.53. The quantitative estimate of drug-likeness (QED) is 0.366. The van der Waals surface area contributed by atoms with E-state index in [-0.39, 0.29) is 24.4 Å². The zero-order valence-electron chi connectivity index (χ0n) is 13.4. The van der Waals surface area contributed by atoms with Crippen LogP contribution in [0.1, 0.15) is 58.3 Å². The van der Waals surface area contributed by atoms with Crippen molar-refractivity contribution in [3.8, 4) is 11.8 Å². The Morgan fingerprint density at radius 1 is 1.36 bits per heavy atom. The summed E-state index contributed by atoms with van der Waals surface area (Å²) in [7, 11) is 0. The van der Waals surface area contributed by atoms with Crippen LogP contribution in [0.5, 0.6) is 0 Å². The summed E-state index contributed by atoms with van der Waals surface area (Å²) >= 11 is 0. The smallest absolute Gasteiger partial charge is 0.303 e. The predicted octanol–water partition coefficient (Wildman–Crippen LogP) is 2.74. The lowest BCUT2D eigenvalue weighted by molar-refractivity contribution is -0.137. The summed E-state index contributed by atoms with van der Waals surface area (Å²) in [6, 6.07) is 0. The Morgan fingerprint density at radius 3 is 2.82 bits per heavy atom. The maximum absolute atomic E-state index is 10.4. The number of aliphatic hydroxyl groups is 2. The van der Waals surface area contributed by atoms with Gasteiger partial charge in [-0.3, -0.25) is 4.79 Å². The molecule has 0 aromatic rings. The van der Waals surface area contributed by atoms with Gasteiger partial charge in [0.15, 0.2) is 0 Å². The Kier molecular flexibility index (Phi) is 8.88. The fraction of sp³-hybridized carbons (Fsp3) is 0.722. The van der Waals surface area contributed by atoms with Crippen molar-refractivity contribution in [2.45, 2.75) is 70.5 Å². The van der Waals surface area contributed by atoms with Crippen LogP contribution in [0.4, 0.5) is 0 Å². The molecule has 0 aliphatic heterocycles. The van der Waals surface area contributed by atoms with Gasteiger partial charge in [0.25, 0.3) is 0 Å². The van der Waals surface area contributed by atoms with Gasteiger partial charge in [0, 0.05) is 25.2 Å². The molecule has 4 unspecified atom stereocenters. The minimum absolute atomic E-state index is 0.122. The molecular formula is C18H28O4. The number of unbranched alkanes of at least 4 members (excludes halogenated alkanes) is 1. The second-order valence-corrected chi connectivity index (χ2v) is 6.02. The highest BCUT2D eigenvalue weighted by atomic mass is 16.4. The molecule has 0 spiro atoms. The minimum atomic E-state index is -0.788. The fourth-order valence-electron chi connectivity index (χ4n) is 2.87. The van der Waals surface area contributed by atoms with E-state index in [4.69, 9.17) is 5.11 Å². The summed E-state index contributed by atoms with van der Waals surface area (Å²) < 4.78 is 0. The fourth-order valence-corrected chi connectivity index (χ4v) is 2.87. The lowest BCUT2D eigenvalue weighted by atomic mass is 9.91. The van der Waals surface area contributed by atoms with E-state index in [1.807, 2.05) is 19.1 Å². The summed E-state index contributed by atoms with van der Waals surface area (Å²) in [5, 5.41) is 28.4. The zero-order valence-corrected chi connectivity index (χ0v) is 13.4. The van der Waals surface area contributed by atoms with Gasteiger partial charge in [0.2, 0.25) is 0 Å². The molecule has 0 radical (unpaired) electrons. The van der Waals surface area contributed by atoms with Crippen LogP contribution in [-0.2, 0) is 4.79 Å². The van der Waals surface area contributed by atoms with Crippen molar-refractivity contribution in [2.75, 3.05) is 0 Å². The monoisotopic (exact) mass is 308 g/mol. The number of hydrogen-bond acceptors (Lipinski definition) is 3. The number of allylic oxidation sites excluding steroid dienone is 1. The van der Waals surface area contributed by atoms with E-state index < -0.39 is 12.1 Å². The number of aliphatic hydroxyl groups excluding tert-OH is 2. The molecule has 22 heavy (non-hydrogen) atoms. The van der Waals surface area contributed by atoms with Crippen molar-refractivity contribution < 1.29 is 20.1 Å².